The number of piperidine rings is 1. The van der Waals surface area contributed by atoms with Crippen molar-refractivity contribution in [3.63, 3.8) is 0 Å². The third-order valence-electron chi connectivity index (χ3n) is 5.65. The zero-order chi connectivity index (χ0) is 19.7. The van der Waals surface area contributed by atoms with Crippen LogP contribution in [0, 0.1) is 5.82 Å². The molecule has 1 fully saturated rings. The van der Waals surface area contributed by atoms with E-state index in [2.05, 4.69) is 4.98 Å². The maximum Gasteiger partial charge on any atom is 0.272 e. The second-order valence-electron chi connectivity index (χ2n) is 7.11. The van der Waals surface area contributed by atoms with Crippen molar-refractivity contribution in [2.75, 3.05) is 33.9 Å². The van der Waals surface area contributed by atoms with Gasteiger partial charge in [0.1, 0.15) is 11.5 Å². The van der Waals surface area contributed by atoms with Gasteiger partial charge in [0.2, 0.25) is 0 Å². The largest absolute Gasteiger partial charge is 0.493 e. The molecule has 0 unspecified atom stereocenters. The van der Waals surface area contributed by atoms with Crippen molar-refractivity contribution < 1.29 is 23.4 Å². The van der Waals surface area contributed by atoms with Crippen molar-refractivity contribution in [1.29, 1.82) is 0 Å². The number of methoxy groups -OCH3 is 2. The normalized spacial score (nSPS) is 17.9. The molecule has 1 saturated heterocycles. The number of hydrogen-bond donors (Lipinski definition) is 0. The van der Waals surface area contributed by atoms with E-state index in [0.29, 0.717) is 44.0 Å². The molecule has 2 aliphatic rings. The van der Waals surface area contributed by atoms with E-state index in [4.69, 9.17) is 14.2 Å². The van der Waals surface area contributed by atoms with Crippen molar-refractivity contribution in [3.8, 4) is 11.5 Å². The molecule has 7 heteroatoms. The fourth-order valence-electron chi connectivity index (χ4n) is 4.14. The monoisotopic (exact) mass is 386 g/mol. The van der Waals surface area contributed by atoms with E-state index in [-0.39, 0.29) is 11.6 Å². The molecular weight excluding hydrogens is 363 g/mol. The highest BCUT2D eigenvalue weighted by atomic mass is 19.1. The number of ether oxygens (including phenoxy) is 3. The van der Waals surface area contributed by atoms with Crippen LogP contribution < -0.4 is 9.47 Å². The van der Waals surface area contributed by atoms with Crippen molar-refractivity contribution in [3.05, 3.63) is 53.1 Å². The van der Waals surface area contributed by atoms with Gasteiger partial charge in [-0.15, -0.1) is 0 Å². The topological polar surface area (TPSA) is 60.9 Å². The number of hydrogen-bond acceptors (Lipinski definition) is 5. The molecule has 2 aliphatic heterocycles. The van der Waals surface area contributed by atoms with Crippen LogP contribution >= 0.6 is 0 Å². The lowest BCUT2D eigenvalue weighted by molar-refractivity contribution is -0.0936. The van der Waals surface area contributed by atoms with Gasteiger partial charge in [-0.25, -0.2) is 9.37 Å². The molecule has 0 radical (unpaired) electrons. The summed E-state index contributed by atoms with van der Waals surface area (Å²) in [5.74, 6) is 0.761. The van der Waals surface area contributed by atoms with Gasteiger partial charge in [-0.3, -0.25) is 4.79 Å². The lowest BCUT2D eigenvalue weighted by atomic mass is 9.79. The first kappa shape index (κ1) is 18.7. The molecule has 1 aromatic heterocycles. The van der Waals surface area contributed by atoms with Crippen molar-refractivity contribution >= 4 is 5.91 Å². The van der Waals surface area contributed by atoms with Crippen LogP contribution in [0.2, 0.25) is 0 Å². The Labute approximate surface area is 163 Å². The molecule has 2 aromatic rings. The number of carbonyl (C=O) groups excluding carboxylic acids is 1. The molecule has 0 saturated carbocycles. The molecular formula is C21H23FN2O4. The Bertz CT molecular complexity index is 877. The Hall–Kier alpha value is -2.67. The van der Waals surface area contributed by atoms with E-state index < -0.39 is 11.4 Å². The maximum absolute atomic E-state index is 13.1. The maximum atomic E-state index is 13.1. The number of benzene rings is 1. The fourth-order valence-corrected chi connectivity index (χ4v) is 4.14. The predicted octanol–water partition coefficient (Wildman–Crippen LogP) is 2.94. The van der Waals surface area contributed by atoms with Crippen LogP contribution in [0.4, 0.5) is 4.39 Å². The summed E-state index contributed by atoms with van der Waals surface area (Å²) in [6, 6.07) is 6.71. The average molecular weight is 386 g/mol. The first-order valence-corrected chi connectivity index (χ1v) is 9.36. The zero-order valence-corrected chi connectivity index (χ0v) is 16.0. The first-order chi connectivity index (χ1) is 13.6. The van der Waals surface area contributed by atoms with Gasteiger partial charge >= 0.3 is 0 Å². The number of amides is 1. The van der Waals surface area contributed by atoms with Crippen LogP contribution in [0.25, 0.3) is 0 Å². The van der Waals surface area contributed by atoms with Gasteiger partial charge in [-0.2, -0.15) is 0 Å². The van der Waals surface area contributed by atoms with Gasteiger partial charge in [-0.1, -0.05) is 0 Å². The third kappa shape index (κ3) is 3.20. The summed E-state index contributed by atoms with van der Waals surface area (Å²) in [5, 5.41) is 0. The fraction of sp³-hybridized carbons (Fsp3) is 0.429. The van der Waals surface area contributed by atoms with Crippen LogP contribution in [0.3, 0.4) is 0 Å². The van der Waals surface area contributed by atoms with Gasteiger partial charge in [0.25, 0.3) is 5.91 Å². The van der Waals surface area contributed by atoms with Gasteiger partial charge < -0.3 is 19.1 Å². The Kier molecular flexibility index (Phi) is 4.93. The van der Waals surface area contributed by atoms with Crippen LogP contribution in [-0.2, 0) is 16.8 Å². The number of fused-ring (bicyclic) bond motifs is 2. The Balaban J connectivity index is 1.56. The number of likely N-dealkylation sites (tertiary alicyclic amines) is 1. The van der Waals surface area contributed by atoms with Gasteiger partial charge in [0.15, 0.2) is 11.5 Å². The van der Waals surface area contributed by atoms with Gasteiger partial charge in [0.05, 0.1) is 32.6 Å². The third-order valence-corrected chi connectivity index (χ3v) is 5.65. The minimum absolute atomic E-state index is 0.182. The van der Waals surface area contributed by atoms with E-state index in [1.807, 2.05) is 12.1 Å². The number of carbonyl (C=O) groups is 1. The molecule has 1 aromatic carbocycles. The number of rotatable bonds is 3. The highest BCUT2D eigenvalue weighted by Crippen LogP contribution is 2.45. The molecule has 6 nitrogen and oxygen atoms in total. The summed E-state index contributed by atoms with van der Waals surface area (Å²) >= 11 is 0. The summed E-state index contributed by atoms with van der Waals surface area (Å²) in [5.41, 5.74) is 2.14. The van der Waals surface area contributed by atoms with E-state index in [0.717, 1.165) is 18.2 Å². The smallest absolute Gasteiger partial charge is 0.272 e. The highest BCUT2D eigenvalue weighted by molar-refractivity contribution is 5.92. The zero-order valence-electron chi connectivity index (χ0n) is 16.0. The quantitative estimate of drug-likeness (QED) is 0.812. The number of halogens is 1. The van der Waals surface area contributed by atoms with E-state index in [9.17, 15) is 9.18 Å². The lowest BCUT2D eigenvalue weighted by Crippen LogP contribution is -2.48. The Morgan fingerprint density at radius 2 is 1.89 bits per heavy atom. The minimum atomic E-state index is -0.453. The molecule has 28 heavy (non-hydrogen) atoms. The summed E-state index contributed by atoms with van der Waals surface area (Å²) in [4.78, 5) is 18.3. The summed E-state index contributed by atoms with van der Waals surface area (Å²) in [7, 11) is 3.25. The summed E-state index contributed by atoms with van der Waals surface area (Å²) < 4.78 is 30.2. The SMILES string of the molecule is COc1cc2c(cc1OC)C1(CCN(C(=O)c3ccc(F)cn3)CC1)OCC2. The van der Waals surface area contributed by atoms with Gasteiger partial charge in [0, 0.05) is 13.1 Å². The minimum Gasteiger partial charge on any atom is -0.493 e. The molecule has 0 aliphatic carbocycles. The van der Waals surface area contributed by atoms with Crippen LogP contribution in [-0.4, -0.2) is 49.7 Å². The van der Waals surface area contributed by atoms with Crippen molar-refractivity contribution in [1.82, 2.24) is 9.88 Å². The Morgan fingerprint density at radius 3 is 2.54 bits per heavy atom. The number of nitrogens with zero attached hydrogens (tertiary/aromatic N) is 2. The lowest BCUT2D eigenvalue weighted by Gasteiger charge is -2.45. The van der Waals surface area contributed by atoms with Crippen molar-refractivity contribution in [2.45, 2.75) is 24.9 Å². The second-order valence-corrected chi connectivity index (χ2v) is 7.11. The standard InChI is InChI=1S/C21H23FN2O4/c1-26-18-11-14-5-10-28-21(16(14)12-19(18)27-2)6-8-24(9-7-21)20(25)17-4-3-15(22)13-23-17/h3-4,11-13H,5-10H2,1-2H3. The van der Waals surface area contributed by atoms with Crippen LogP contribution in [0.1, 0.15) is 34.5 Å². The van der Waals surface area contributed by atoms with Crippen LogP contribution in [0.5, 0.6) is 11.5 Å². The van der Waals surface area contributed by atoms with E-state index in [1.165, 1.54) is 17.7 Å². The summed E-state index contributed by atoms with van der Waals surface area (Å²) in [6.07, 6.45) is 3.25. The number of pyridine rings is 1. The molecule has 0 bridgehead atoms. The predicted molar refractivity (Wildman–Crippen MR) is 100 cm³/mol. The Morgan fingerprint density at radius 1 is 1.18 bits per heavy atom. The average Bonchev–Trinajstić information content (AvgIpc) is 2.74. The first-order valence-electron chi connectivity index (χ1n) is 9.36. The molecule has 4 rings (SSSR count). The van der Waals surface area contributed by atoms with Crippen LogP contribution in [0.15, 0.2) is 30.5 Å². The highest BCUT2D eigenvalue weighted by Gasteiger charge is 2.42. The second kappa shape index (κ2) is 7.39. The van der Waals surface area contributed by atoms with E-state index >= 15 is 0 Å². The van der Waals surface area contributed by atoms with Gasteiger partial charge in [-0.05, 0) is 54.7 Å². The summed E-state index contributed by atoms with van der Waals surface area (Å²) in [6.45, 7) is 1.73. The molecule has 0 atom stereocenters. The molecule has 148 valence electrons. The molecule has 3 heterocycles. The molecule has 0 N–H and O–H groups in total. The molecule has 1 spiro atoms. The number of aromatic nitrogens is 1. The van der Waals surface area contributed by atoms with Crippen molar-refractivity contribution in [2.24, 2.45) is 0 Å². The van der Waals surface area contributed by atoms with E-state index in [1.54, 1.807) is 19.1 Å². The molecule has 1 amide bonds.